The first-order valence-electron chi connectivity index (χ1n) is 5.30. The third kappa shape index (κ3) is 2.76. The molecule has 0 bridgehead atoms. The van der Waals surface area contributed by atoms with Crippen LogP contribution in [-0.2, 0) is 4.79 Å². The number of hydrogen-bond acceptors (Lipinski definition) is 4. The van der Waals surface area contributed by atoms with Crippen molar-refractivity contribution >= 4 is 45.3 Å². The van der Waals surface area contributed by atoms with Crippen molar-refractivity contribution in [2.75, 3.05) is 6.61 Å². The summed E-state index contributed by atoms with van der Waals surface area (Å²) >= 11 is 11.2. The largest absolute Gasteiger partial charge is 0.479 e. The number of ether oxygens (including phenoxy) is 1. The first kappa shape index (κ1) is 14.4. The van der Waals surface area contributed by atoms with E-state index in [1.807, 2.05) is 0 Å². The Morgan fingerprint density at radius 1 is 1.35 bits per heavy atom. The van der Waals surface area contributed by atoms with Gasteiger partial charge in [0, 0.05) is 10.4 Å². The van der Waals surface area contributed by atoms with Gasteiger partial charge in [0.15, 0.2) is 12.4 Å². The minimum atomic E-state index is -1.28. The number of fused-ring (bicyclic) bond motifs is 1. The molecule has 0 saturated heterocycles. The molecule has 0 spiro atoms. The highest BCUT2D eigenvalue weighted by Gasteiger charge is 2.19. The molecular weight excluding hydrogens is 309 g/mol. The first-order valence-corrected chi connectivity index (χ1v) is 6.05. The first-order chi connectivity index (χ1) is 9.40. The average Bonchev–Trinajstić information content (AvgIpc) is 2.36. The number of H-pyrrole nitrogens is 1. The molecule has 0 saturated carbocycles. The smallest absolute Gasteiger partial charge is 0.341 e. The number of aromatic nitrogens is 1. The molecule has 0 amide bonds. The molecule has 1 aromatic heterocycles. The van der Waals surface area contributed by atoms with Crippen molar-refractivity contribution in [1.29, 1.82) is 0 Å². The van der Waals surface area contributed by atoms with Crippen LogP contribution >= 0.6 is 23.2 Å². The molecule has 20 heavy (non-hydrogen) atoms. The molecule has 2 N–H and O–H groups in total. The van der Waals surface area contributed by atoms with Gasteiger partial charge in [0.05, 0.1) is 5.52 Å². The van der Waals surface area contributed by atoms with Crippen LogP contribution in [0.5, 0.6) is 5.75 Å². The highest BCUT2D eigenvalue weighted by atomic mass is 35.5. The van der Waals surface area contributed by atoms with Gasteiger partial charge in [-0.1, -0.05) is 11.6 Å². The van der Waals surface area contributed by atoms with Crippen LogP contribution in [0.1, 0.15) is 10.5 Å². The molecule has 104 valence electrons. The quantitative estimate of drug-likeness (QED) is 0.841. The van der Waals surface area contributed by atoms with Crippen LogP contribution in [0.4, 0.5) is 0 Å². The summed E-state index contributed by atoms with van der Waals surface area (Å²) in [4.78, 5) is 36.6. The second-order valence-corrected chi connectivity index (χ2v) is 4.58. The van der Waals surface area contributed by atoms with Crippen LogP contribution < -0.4 is 10.2 Å². The highest BCUT2D eigenvalue weighted by molar-refractivity contribution is 6.67. The molecule has 8 heteroatoms. The zero-order valence-corrected chi connectivity index (χ0v) is 11.3. The normalized spacial score (nSPS) is 10.5. The van der Waals surface area contributed by atoms with Crippen molar-refractivity contribution in [3.8, 4) is 5.75 Å². The Balaban J connectivity index is 2.70. The van der Waals surface area contributed by atoms with Gasteiger partial charge in [-0.25, -0.2) is 4.79 Å². The summed E-state index contributed by atoms with van der Waals surface area (Å²) in [6.07, 6.45) is 0. The number of aromatic amines is 1. The van der Waals surface area contributed by atoms with E-state index in [-0.39, 0.29) is 11.1 Å². The summed E-state index contributed by atoms with van der Waals surface area (Å²) in [5, 5.41) is 8.17. The van der Waals surface area contributed by atoms with Crippen LogP contribution in [0.2, 0.25) is 5.02 Å². The molecule has 6 nitrogen and oxygen atoms in total. The standard InChI is InChI=1S/C12H7Cl2NO5/c13-5-1-2-6-7(3-5)15-9(12(14)19)11(10(6)18)20-4-8(16)17/h1-3H,4H2,(H,15,18)(H,16,17). The van der Waals surface area contributed by atoms with Crippen LogP contribution in [0.25, 0.3) is 10.9 Å². The second-order valence-electron chi connectivity index (χ2n) is 3.80. The molecule has 2 aromatic rings. The number of carboxylic acids is 1. The Kier molecular flexibility index (Phi) is 3.96. The van der Waals surface area contributed by atoms with E-state index in [0.717, 1.165) is 0 Å². The van der Waals surface area contributed by atoms with E-state index in [0.29, 0.717) is 10.5 Å². The molecule has 1 aromatic carbocycles. The predicted octanol–water partition coefficient (Wildman–Crippen LogP) is 2.02. The SMILES string of the molecule is O=C(O)COc1c(C(=O)Cl)[nH]c2cc(Cl)ccc2c1=O. The van der Waals surface area contributed by atoms with E-state index in [9.17, 15) is 14.4 Å². The Labute approximate surface area is 121 Å². The second kappa shape index (κ2) is 5.52. The number of carbonyl (C=O) groups excluding carboxylic acids is 1. The molecule has 0 aliphatic carbocycles. The lowest BCUT2D eigenvalue weighted by Crippen LogP contribution is -2.19. The molecule has 0 radical (unpaired) electrons. The molecular formula is C12H7Cl2NO5. The average molecular weight is 316 g/mol. The molecule has 0 unspecified atom stereocenters. The zero-order chi connectivity index (χ0) is 14.9. The number of nitrogens with one attached hydrogen (secondary N) is 1. The number of hydrogen-bond donors (Lipinski definition) is 2. The van der Waals surface area contributed by atoms with E-state index in [2.05, 4.69) is 4.98 Å². The number of aliphatic carboxylic acids is 1. The maximum absolute atomic E-state index is 12.2. The summed E-state index contributed by atoms with van der Waals surface area (Å²) in [5.74, 6) is -1.71. The predicted molar refractivity (Wildman–Crippen MR) is 72.9 cm³/mol. The maximum Gasteiger partial charge on any atom is 0.341 e. The minimum Gasteiger partial charge on any atom is -0.479 e. The minimum absolute atomic E-state index is 0.205. The number of pyridine rings is 1. The summed E-state index contributed by atoms with van der Waals surface area (Å²) in [6, 6.07) is 4.37. The lowest BCUT2D eigenvalue weighted by molar-refractivity contribution is -0.139. The number of carbonyl (C=O) groups is 2. The fourth-order valence-electron chi connectivity index (χ4n) is 1.66. The van der Waals surface area contributed by atoms with Gasteiger partial charge in [-0.3, -0.25) is 9.59 Å². The molecule has 0 fully saturated rings. The van der Waals surface area contributed by atoms with Crippen molar-refractivity contribution in [3.63, 3.8) is 0 Å². The van der Waals surface area contributed by atoms with Crippen molar-refractivity contribution in [1.82, 2.24) is 4.98 Å². The van der Waals surface area contributed by atoms with E-state index in [4.69, 9.17) is 33.0 Å². The van der Waals surface area contributed by atoms with Crippen molar-refractivity contribution in [3.05, 3.63) is 39.1 Å². The third-order valence-electron chi connectivity index (χ3n) is 2.46. The van der Waals surface area contributed by atoms with E-state index in [1.54, 1.807) is 0 Å². The fourth-order valence-corrected chi connectivity index (χ4v) is 1.96. The van der Waals surface area contributed by atoms with E-state index < -0.39 is 29.0 Å². The fraction of sp³-hybridized carbons (Fsp3) is 0.0833. The maximum atomic E-state index is 12.2. The van der Waals surface area contributed by atoms with Gasteiger partial charge in [0.25, 0.3) is 5.24 Å². The van der Waals surface area contributed by atoms with E-state index >= 15 is 0 Å². The van der Waals surface area contributed by atoms with Crippen LogP contribution in [0, 0.1) is 0 Å². The Morgan fingerprint density at radius 3 is 2.65 bits per heavy atom. The van der Waals surface area contributed by atoms with Crippen LogP contribution in [0.15, 0.2) is 23.0 Å². The van der Waals surface area contributed by atoms with Gasteiger partial charge >= 0.3 is 5.97 Å². The molecule has 0 aliphatic rings. The lowest BCUT2D eigenvalue weighted by Gasteiger charge is -2.08. The summed E-state index contributed by atoms with van der Waals surface area (Å²) < 4.78 is 4.85. The molecule has 0 aliphatic heterocycles. The van der Waals surface area contributed by atoms with Crippen molar-refractivity contribution in [2.45, 2.75) is 0 Å². The van der Waals surface area contributed by atoms with Crippen molar-refractivity contribution < 1.29 is 19.4 Å². The van der Waals surface area contributed by atoms with Gasteiger partial charge in [0.2, 0.25) is 5.43 Å². The monoisotopic (exact) mass is 315 g/mol. The van der Waals surface area contributed by atoms with Crippen LogP contribution in [-0.4, -0.2) is 27.9 Å². The molecule has 0 atom stereocenters. The third-order valence-corrected chi connectivity index (χ3v) is 2.88. The highest BCUT2D eigenvalue weighted by Crippen LogP contribution is 2.21. The van der Waals surface area contributed by atoms with Crippen LogP contribution in [0.3, 0.4) is 0 Å². The Hall–Kier alpha value is -2.05. The zero-order valence-electron chi connectivity index (χ0n) is 9.78. The summed E-state index contributed by atoms with van der Waals surface area (Å²) in [7, 11) is 0. The number of carboxylic acid groups (broad SMARTS) is 1. The number of rotatable bonds is 4. The van der Waals surface area contributed by atoms with Gasteiger partial charge < -0.3 is 14.8 Å². The molecule has 1 heterocycles. The number of benzene rings is 1. The van der Waals surface area contributed by atoms with E-state index in [1.165, 1.54) is 18.2 Å². The Bertz CT molecular complexity index is 768. The summed E-state index contributed by atoms with van der Waals surface area (Å²) in [6.45, 7) is -0.765. The van der Waals surface area contributed by atoms with Gasteiger partial charge in [-0.2, -0.15) is 0 Å². The van der Waals surface area contributed by atoms with Gasteiger partial charge in [-0.05, 0) is 29.8 Å². The topological polar surface area (TPSA) is 96.5 Å². The summed E-state index contributed by atoms with van der Waals surface area (Å²) in [5.41, 5.74) is -0.650. The van der Waals surface area contributed by atoms with Crippen molar-refractivity contribution in [2.24, 2.45) is 0 Å². The lowest BCUT2D eigenvalue weighted by atomic mass is 10.2. The Morgan fingerprint density at radius 2 is 2.05 bits per heavy atom. The molecule has 2 rings (SSSR count). The van der Waals surface area contributed by atoms with Gasteiger partial charge in [0.1, 0.15) is 5.69 Å². The van der Waals surface area contributed by atoms with Gasteiger partial charge in [-0.15, -0.1) is 0 Å². The number of halogens is 2.